The highest BCUT2D eigenvalue weighted by Crippen LogP contribution is 2.23. The molecule has 0 saturated carbocycles. The van der Waals surface area contributed by atoms with Crippen LogP contribution >= 0.6 is 0 Å². The summed E-state index contributed by atoms with van der Waals surface area (Å²) in [4.78, 5) is 4.28. The van der Waals surface area contributed by atoms with Crippen LogP contribution in [0, 0.1) is 25.2 Å². The molecule has 90 valence electrons. The molecule has 1 unspecified atom stereocenters. The topological polar surface area (TPSA) is 57.9 Å². The highest BCUT2D eigenvalue weighted by molar-refractivity contribution is 5.46. The lowest BCUT2D eigenvalue weighted by Crippen LogP contribution is -2.37. The van der Waals surface area contributed by atoms with E-state index in [0.29, 0.717) is 11.3 Å². The zero-order valence-corrected chi connectivity index (χ0v) is 10.3. The summed E-state index contributed by atoms with van der Waals surface area (Å²) in [6, 6.07) is 4.02. The minimum Gasteiger partial charge on any atom is -0.488 e. The normalized spacial score (nSPS) is 19.7. The van der Waals surface area contributed by atoms with Gasteiger partial charge in [-0.15, -0.1) is 0 Å². The first-order valence-electron chi connectivity index (χ1n) is 5.96. The Hall–Kier alpha value is -1.60. The number of nitrogens with one attached hydrogen (secondary N) is 1. The molecule has 4 nitrogen and oxygen atoms in total. The van der Waals surface area contributed by atoms with Gasteiger partial charge in [-0.25, -0.2) is 0 Å². The number of nitriles is 1. The monoisotopic (exact) mass is 231 g/mol. The fourth-order valence-corrected chi connectivity index (χ4v) is 2.12. The molecule has 0 bridgehead atoms. The molecule has 1 aromatic heterocycles. The van der Waals surface area contributed by atoms with Gasteiger partial charge in [0.25, 0.3) is 0 Å². The van der Waals surface area contributed by atoms with Crippen molar-refractivity contribution in [1.82, 2.24) is 10.3 Å². The minimum atomic E-state index is 0.164. The van der Waals surface area contributed by atoms with Gasteiger partial charge < -0.3 is 10.1 Å². The SMILES string of the molecule is Cc1cc(OC2CCCNC2)c(C#N)c(C)n1. The van der Waals surface area contributed by atoms with E-state index in [-0.39, 0.29) is 6.10 Å². The average Bonchev–Trinajstić information content (AvgIpc) is 2.30. The molecule has 1 fully saturated rings. The molecule has 4 heteroatoms. The third-order valence-corrected chi connectivity index (χ3v) is 2.95. The summed E-state index contributed by atoms with van der Waals surface area (Å²) in [7, 11) is 0. The lowest BCUT2D eigenvalue weighted by Gasteiger charge is -2.24. The lowest BCUT2D eigenvalue weighted by molar-refractivity contribution is 0.166. The van der Waals surface area contributed by atoms with E-state index in [9.17, 15) is 0 Å². The number of ether oxygens (including phenoxy) is 1. The first-order valence-corrected chi connectivity index (χ1v) is 5.96. The zero-order valence-electron chi connectivity index (χ0n) is 10.3. The van der Waals surface area contributed by atoms with Gasteiger partial charge in [-0.1, -0.05) is 0 Å². The Balaban J connectivity index is 2.22. The Morgan fingerprint density at radius 2 is 2.35 bits per heavy atom. The van der Waals surface area contributed by atoms with Crippen LogP contribution in [0.25, 0.3) is 0 Å². The molecule has 17 heavy (non-hydrogen) atoms. The lowest BCUT2D eigenvalue weighted by atomic mass is 10.1. The van der Waals surface area contributed by atoms with E-state index < -0.39 is 0 Å². The second-order valence-electron chi connectivity index (χ2n) is 4.42. The van der Waals surface area contributed by atoms with E-state index in [0.717, 1.165) is 37.3 Å². The van der Waals surface area contributed by atoms with Crippen LogP contribution < -0.4 is 10.1 Å². The van der Waals surface area contributed by atoms with Crippen LogP contribution in [0.15, 0.2) is 6.07 Å². The van der Waals surface area contributed by atoms with Gasteiger partial charge in [-0.05, 0) is 33.2 Å². The van der Waals surface area contributed by atoms with Crippen molar-refractivity contribution < 1.29 is 4.74 Å². The summed E-state index contributed by atoms with van der Waals surface area (Å²) in [5, 5.41) is 12.4. The average molecular weight is 231 g/mol. The molecule has 1 N–H and O–H groups in total. The molecule has 1 aliphatic rings. The highest BCUT2D eigenvalue weighted by atomic mass is 16.5. The second kappa shape index (κ2) is 5.15. The van der Waals surface area contributed by atoms with Gasteiger partial charge in [-0.2, -0.15) is 5.26 Å². The Morgan fingerprint density at radius 3 is 3.00 bits per heavy atom. The van der Waals surface area contributed by atoms with Crippen LogP contribution in [0.4, 0.5) is 0 Å². The fourth-order valence-electron chi connectivity index (χ4n) is 2.12. The van der Waals surface area contributed by atoms with Crippen molar-refractivity contribution in [2.24, 2.45) is 0 Å². The van der Waals surface area contributed by atoms with Gasteiger partial charge in [0.15, 0.2) is 0 Å². The maximum absolute atomic E-state index is 9.13. The molecular weight excluding hydrogens is 214 g/mol. The van der Waals surface area contributed by atoms with Gasteiger partial charge in [-0.3, -0.25) is 4.98 Å². The molecule has 0 aliphatic carbocycles. The van der Waals surface area contributed by atoms with Crippen molar-refractivity contribution in [2.75, 3.05) is 13.1 Å². The summed E-state index contributed by atoms with van der Waals surface area (Å²) >= 11 is 0. The van der Waals surface area contributed by atoms with Crippen LogP contribution in [0.5, 0.6) is 5.75 Å². The maximum atomic E-state index is 9.13. The number of pyridine rings is 1. The molecule has 0 aromatic carbocycles. The third-order valence-electron chi connectivity index (χ3n) is 2.95. The molecule has 2 rings (SSSR count). The quantitative estimate of drug-likeness (QED) is 0.841. The van der Waals surface area contributed by atoms with E-state index in [4.69, 9.17) is 10.00 Å². The molecule has 0 amide bonds. The van der Waals surface area contributed by atoms with E-state index in [2.05, 4.69) is 16.4 Å². The van der Waals surface area contributed by atoms with Crippen LogP contribution in [0.1, 0.15) is 29.8 Å². The van der Waals surface area contributed by atoms with Gasteiger partial charge in [0.1, 0.15) is 23.5 Å². The fraction of sp³-hybridized carbons (Fsp3) is 0.538. The molecule has 0 radical (unpaired) electrons. The van der Waals surface area contributed by atoms with Crippen molar-refractivity contribution in [3.05, 3.63) is 23.0 Å². The highest BCUT2D eigenvalue weighted by Gasteiger charge is 2.17. The van der Waals surface area contributed by atoms with E-state index >= 15 is 0 Å². The van der Waals surface area contributed by atoms with Gasteiger partial charge in [0.05, 0.1) is 5.69 Å². The number of aryl methyl sites for hydroxylation is 2. The number of piperidine rings is 1. The van der Waals surface area contributed by atoms with Crippen LogP contribution in [-0.4, -0.2) is 24.2 Å². The molecule has 1 atom stereocenters. The smallest absolute Gasteiger partial charge is 0.141 e. The summed E-state index contributed by atoms with van der Waals surface area (Å²) in [6.07, 6.45) is 2.32. The standard InChI is InChI=1S/C13H17N3O/c1-9-6-13(12(7-14)10(2)16-9)17-11-4-3-5-15-8-11/h6,11,15H,3-5,8H2,1-2H3. The number of hydrogen-bond donors (Lipinski definition) is 1. The molecular formula is C13H17N3O. The predicted molar refractivity (Wildman–Crippen MR) is 64.9 cm³/mol. The first-order chi connectivity index (χ1) is 8.20. The van der Waals surface area contributed by atoms with E-state index in [1.165, 1.54) is 0 Å². The summed E-state index contributed by atoms with van der Waals surface area (Å²) in [6.45, 7) is 5.67. The van der Waals surface area contributed by atoms with Gasteiger partial charge in [0, 0.05) is 18.3 Å². The van der Waals surface area contributed by atoms with Crippen LogP contribution in [0.2, 0.25) is 0 Å². The minimum absolute atomic E-state index is 0.164. The van der Waals surface area contributed by atoms with Crippen molar-refractivity contribution in [3.8, 4) is 11.8 Å². The second-order valence-corrected chi connectivity index (χ2v) is 4.42. The van der Waals surface area contributed by atoms with E-state index in [1.54, 1.807) is 0 Å². The molecule has 1 aliphatic heterocycles. The van der Waals surface area contributed by atoms with Crippen molar-refractivity contribution in [1.29, 1.82) is 5.26 Å². The predicted octanol–water partition coefficient (Wildman–Crippen LogP) is 1.70. The maximum Gasteiger partial charge on any atom is 0.141 e. The number of rotatable bonds is 2. The van der Waals surface area contributed by atoms with Crippen molar-refractivity contribution >= 4 is 0 Å². The van der Waals surface area contributed by atoms with Gasteiger partial charge in [0.2, 0.25) is 0 Å². The Bertz CT molecular complexity index is 445. The molecule has 1 saturated heterocycles. The Morgan fingerprint density at radius 1 is 1.53 bits per heavy atom. The first kappa shape index (κ1) is 11.9. The summed E-state index contributed by atoms with van der Waals surface area (Å²) in [5.41, 5.74) is 2.19. The number of nitrogens with zero attached hydrogens (tertiary/aromatic N) is 2. The number of aromatic nitrogens is 1. The Labute approximate surface area is 102 Å². The summed E-state index contributed by atoms with van der Waals surface area (Å²) < 4.78 is 5.91. The third kappa shape index (κ3) is 2.75. The summed E-state index contributed by atoms with van der Waals surface area (Å²) in [5.74, 6) is 0.672. The van der Waals surface area contributed by atoms with Crippen LogP contribution in [0.3, 0.4) is 0 Å². The van der Waals surface area contributed by atoms with E-state index in [1.807, 2.05) is 19.9 Å². The molecule has 2 heterocycles. The van der Waals surface area contributed by atoms with Gasteiger partial charge >= 0.3 is 0 Å². The Kier molecular flexibility index (Phi) is 3.60. The van der Waals surface area contributed by atoms with Crippen molar-refractivity contribution in [3.63, 3.8) is 0 Å². The molecule has 0 spiro atoms. The molecule has 1 aromatic rings. The zero-order chi connectivity index (χ0) is 12.3. The van der Waals surface area contributed by atoms with Crippen LogP contribution in [-0.2, 0) is 0 Å². The van der Waals surface area contributed by atoms with Crippen molar-refractivity contribution in [2.45, 2.75) is 32.8 Å². The number of hydrogen-bond acceptors (Lipinski definition) is 4. The largest absolute Gasteiger partial charge is 0.488 e.